The van der Waals surface area contributed by atoms with E-state index < -0.39 is 0 Å². The number of benzene rings is 5. The Labute approximate surface area is 250 Å². The van der Waals surface area contributed by atoms with Gasteiger partial charge in [0.05, 0.1) is 0 Å². The molecule has 0 atom stereocenters. The summed E-state index contributed by atoms with van der Waals surface area (Å²) in [5.74, 6) is 2.69. The average Bonchev–Trinajstić information content (AvgIpc) is 3.04. The van der Waals surface area contributed by atoms with E-state index in [4.69, 9.17) is 14.2 Å². The summed E-state index contributed by atoms with van der Waals surface area (Å²) in [5.41, 5.74) is 9.00. The third kappa shape index (κ3) is 7.50. The van der Waals surface area contributed by atoms with Crippen LogP contribution in [0.15, 0.2) is 121 Å². The molecule has 42 heavy (non-hydrogen) atoms. The van der Waals surface area contributed by atoms with Crippen LogP contribution < -0.4 is 14.2 Å². The third-order valence-corrected chi connectivity index (χ3v) is 7.49. The monoisotopic (exact) mass is 554 g/mol. The summed E-state index contributed by atoms with van der Waals surface area (Å²) in [5, 5.41) is 0. The van der Waals surface area contributed by atoms with Crippen molar-refractivity contribution >= 4 is 6.08 Å². The zero-order valence-electron chi connectivity index (χ0n) is 24.7. The third-order valence-electron chi connectivity index (χ3n) is 7.49. The lowest BCUT2D eigenvalue weighted by molar-refractivity contribution is 0.291. The Morgan fingerprint density at radius 3 is 1.43 bits per heavy atom. The highest BCUT2D eigenvalue weighted by Crippen LogP contribution is 2.39. The quantitative estimate of drug-likeness (QED) is 0.154. The highest BCUT2D eigenvalue weighted by molar-refractivity contribution is 5.69. The molecule has 0 fully saturated rings. The highest BCUT2D eigenvalue weighted by Gasteiger charge is 2.19. The fraction of sp³-hybridized carbons (Fsp3) is 0.179. The number of hydrogen-bond donors (Lipinski definition) is 0. The second-order valence-electron chi connectivity index (χ2n) is 10.5. The zero-order valence-corrected chi connectivity index (χ0v) is 24.7. The first-order valence-corrected chi connectivity index (χ1v) is 14.5. The lowest BCUT2D eigenvalue weighted by Gasteiger charge is -2.21. The predicted octanol–water partition coefficient (Wildman–Crippen LogP) is 9.60. The number of allylic oxidation sites excluding steroid dienone is 1. The second-order valence-corrected chi connectivity index (χ2v) is 10.5. The highest BCUT2D eigenvalue weighted by atomic mass is 16.5. The van der Waals surface area contributed by atoms with Crippen molar-refractivity contribution in [2.24, 2.45) is 0 Å². The Kier molecular flexibility index (Phi) is 9.74. The van der Waals surface area contributed by atoms with E-state index in [9.17, 15) is 0 Å². The van der Waals surface area contributed by atoms with Gasteiger partial charge in [0.1, 0.15) is 37.1 Å². The van der Waals surface area contributed by atoms with Crippen molar-refractivity contribution in [3.63, 3.8) is 0 Å². The summed E-state index contributed by atoms with van der Waals surface area (Å²) >= 11 is 0. The molecule has 212 valence electrons. The van der Waals surface area contributed by atoms with Crippen molar-refractivity contribution in [2.45, 2.75) is 47.0 Å². The zero-order chi connectivity index (χ0) is 29.1. The maximum Gasteiger partial charge on any atom is 0.130 e. The number of rotatable bonds is 12. The average molecular weight is 555 g/mol. The molecule has 0 radical (unpaired) electrons. The van der Waals surface area contributed by atoms with Crippen LogP contribution in [0.3, 0.4) is 0 Å². The van der Waals surface area contributed by atoms with Crippen LogP contribution in [-0.2, 0) is 26.2 Å². The van der Waals surface area contributed by atoms with Crippen molar-refractivity contribution in [2.75, 3.05) is 0 Å². The molecule has 0 heterocycles. The first kappa shape index (κ1) is 28.8. The second kappa shape index (κ2) is 14.2. The smallest absolute Gasteiger partial charge is 0.130 e. The summed E-state index contributed by atoms with van der Waals surface area (Å²) in [6, 6.07) is 39.1. The lowest BCUT2D eigenvalue weighted by atomic mass is 9.96. The van der Waals surface area contributed by atoms with E-state index in [0.717, 1.165) is 62.6 Å². The van der Waals surface area contributed by atoms with Gasteiger partial charge in [-0.2, -0.15) is 0 Å². The van der Waals surface area contributed by atoms with Crippen molar-refractivity contribution < 1.29 is 14.2 Å². The van der Waals surface area contributed by atoms with Gasteiger partial charge in [0, 0.05) is 11.1 Å². The molecule has 0 bridgehead atoms. The van der Waals surface area contributed by atoms with E-state index in [2.05, 4.69) is 81.5 Å². The van der Waals surface area contributed by atoms with E-state index in [1.807, 2.05) is 66.7 Å². The van der Waals surface area contributed by atoms with Gasteiger partial charge in [0.25, 0.3) is 0 Å². The SMILES string of the molecule is Cc1c(C)c(OCc2ccccc2)c(/C=C/Cc2ccc(OCc3ccccc3)cc2)c(C)c1OCc1ccccc1. The molecule has 0 spiro atoms. The van der Waals surface area contributed by atoms with Gasteiger partial charge in [-0.1, -0.05) is 115 Å². The van der Waals surface area contributed by atoms with Crippen LogP contribution in [0.2, 0.25) is 0 Å². The normalized spacial score (nSPS) is 11.0. The van der Waals surface area contributed by atoms with Crippen molar-refractivity contribution in [3.05, 3.63) is 166 Å². The summed E-state index contributed by atoms with van der Waals surface area (Å²) in [6.07, 6.45) is 5.17. The molecule has 5 aromatic rings. The van der Waals surface area contributed by atoms with Gasteiger partial charge < -0.3 is 14.2 Å². The van der Waals surface area contributed by atoms with E-state index in [-0.39, 0.29) is 0 Å². The van der Waals surface area contributed by atoms with Gasteiger partial charge in [0.2, 0.25) is 0 Å². The predicted molar refractivity (Wildman–Crippen MR) is 172 cm³/mol. The topological polar surface area (TPSA) is 27.7 Å². The Balaban J connectivity index is 1.34. The molecule has 0 aliphatic carbocycles. The minimum atomic E-state index is 0.510. The van der Waals surface area contributed by atoms with E-state index >= 15 is 0 Å². The molecule has 0 saturated carbocycles. The van der Waals surface area contributed by atoms with Crippen molar-refractivity contribution in [1.29, 1.82) is 0 Å². The number of hydrogen-bond acceptors (Lipinski definition) is 3. The standard InChI is InChI=1S/C39H38O3/c1-29-30(2)39(42-28-35-18-11-6-12-19-35)37(31(3)38(29)41-27-34-16-9-5-10-17-34)21-13-20-32-22-24-36(25-23-32)40-26-33-14-7-4-8-15-33/h4-19,21-25H,20,26-28H2,1-3H3/b21-13+. The summed E-state index contributed by atoms with van der Waals surface area (Å²) in [7, 11) is 0. The molecule has 0 saturated heterocycles. The van der Waals surface area contributed by atoms with Crippen molar-refractivity contribution in [3.8, 4) is 17.2 Å². The Morgan fingerprint density at radius 2 is 0.905 bits per heavy atom. The molecule has 3 heteroatoms. The molecule has 5 aromatic carbocycles. The van der Waals surface area contributed by atoms with Gasteiger partial charge in [-0.05, 0) is 72.7 Å². The van der Waals surface area contributed by atoms with E-state index in [1.54, 1.807) is 0 Å². The molecule has 0 aliphatic heterocycles. The largest absolute Gasteiger partial charge is 0.489 e. The van der Waals surface area contributed by atoms with E-state index in [0.29, 0.717) is 19.8 Å². The Morgan fingerprint density at radius 1 is 0.452 bits per heavy atom. The summed E-state index contributed by atoms with van der Waals surface area (Å²) in [6.45, 7) is 7.96. The van der Waals surface area contributed by atoms with Crippen LogP contribution in [0.1, 0.15) is 44.5 Å². The van der Waals surface area contributed by atoms with Crippen molar-refractivity contribution in [1.82, 2.24) is 0 Å². The maximum atomic E-state index is 6.49. The molecule has 3 nitrogen and oxygen atoms in total. The van der Waals surface area contributed by atoms with Gasteiger partial charge >= 0.3 is 0 Å². The first-order chi connectivity index (χ1) is 20.6. The molecule has 0 N–H and O–H groups in total. The van der Waals surface area contributed by atoms with Gasteiger partial charge in [0.15, 0.2) is 0 Å². The molecule has 0 amide bonds. The van der Waals surface area contributed by atoms with E-state index in [1.165, 1.54) is 5.56 Å². The fourth-order valence-electron chi connectivity index (χ4n) is 4.95. The van der Waals surface area contributed by atoms with Gasteiger partial charge in [-0.25, -0.2) is 0 Å². The Bertz CT molecular complexity index is 1590. The van der Waals surface area contributed by atoms with Gasteiger partial charge in [-0.3, -0.25) is 0 Å². The van der Waals surface area contributed by atoms with Gasteiger partial charge in [-0.15, -0.1) is 0 Å². The maximum absolute atomic E-state index is 6.49. The number of ether oxygens (including phenoxy) is 3. The molecular formula is C39H38O3. The Hall–Kier alpha value is -4.76. The van der Waals surface area contributed by atoms with Crippen LogP contribution in [0.25, 0.3) is 6.08 Å². The minimum absolute atomic E-state index is 0.510. The van der Waals surface area contributed by atoms with Crippen LogP contribution in [0.4, 0.5) is 0 Å². The first-order valence-electron chi connectivity index (χ1n) is 14.5. The molecule has 0 unspecified atom stereocenters. The summed E-state index contributed by atoms with van der Waals surface area (Å²) in [4.78, 5) is 0. The van der Waals surface area contributed by atoms with Crippen LogP contribution in [0.5, 0.6) is 17.2 Å². The molecular weight excluding hydrogens is 516 g/mol. The fourth-order valence-corrected chi connectivity index (χ4v) is 4.95. The van der Waals surface area contributed by atoms with Crippen LogP contribution >= 0.6 is 0 Å². The molecule has 0 aliphatic rings. The van der Waals surface area contributed by atoms with Crippen LogP contribution in [0, 0.1) is 20.8 Å². The molecule has 0 aromatic heterocycles. The van der Waals surface area contributed by atoms with Crippen LogP contribution in [-0.4, -0.2) is 0 Å². The summed E-state index contributed by atoms with van der Waals surface area (Å²) < 4.78 is 18.9. The minimum Gasteiger partial charge on any atom is -0.489 e. The lowest BCUT2D eigenvalue weighted by Crippen LogP contribution is -2.06. The molecule has 5 rings (SSSR count).